The maximum absolute atomic E-state index is 12.7. The molecule has 0 aliphatic heterocycles. The van der Waals surface area contributed by atoms with Crippen LogP contribution in [0.5, 0.6) is 5.75 Å². The molecule has 0 aliphatic carbocycles. The number of para-hydroxylation sites is 2. The lowest BCUT2D eigenvalue weighted by atomic mass is 10.0. The smallest absolute Gasteiger partial charge is 0.199 e. The highest BCUT2D eigenvalue weighted by atomic mass is 35.5. The molecule has 0 aliphatic rings. The third-order valence-electron chi connectivity index (χ3n) is 3.71. The van der Waals surface area contributed by atoms with Gasteiger partial charge in [0.05, 0.1) is 27.0 Å². The van der Waals surface area contributed by atoms with E-state index in [4.69, 9.17) is 40.5 Å². The normalized spacial score (nSPS) is 10.6. The summed E-state index contributed by atoms with van der Waals surface area (Å²) in [5.41, 5.74) is 8.03. The molecule has 3 aromatic carbocycles. The number of phenolic OH excluding ortho intramolecular Hbond substituents is 1. The maximum atomic E-state index is 12.7. The second kappa shape index (κ2) is 7.46. The van der Waals surface area contributed by atoms with Crippen LogP contribution in [0.4, 0.5) is 17.1 Å². The van der Waals surface area contributed by atoms with E-state index in [2.05, 4.69) is 5.32 Å². The Kier molecular flexibility index (Phi) is 5.28. The summed E-state index contributed by atoms with van der Waals surface area (Å²) in [6.45, 7) is 0. The first kappa shape index (κ1) is 18.4. The van der Waals surface area contributed by atoms with Crippen LogP contribution in [0.25, 0.3) is 0 Å². The minimum atomic E-state index is -0.500. The second-order valence-corrected chi connectivity index (χ2v) is 6.77. The minimum Gasteiger partial charge on any atom is -0.507 e. The fraction of sp³-hybridized carbons (Fsp3) is 0. The Bertz CT molecular complexity index is 983. The minimum absolute atomic E-state index is 0.0500. The first-order valence-electron chi connectivity index (χ1n) is 7.50. The summed E-state index contributed by atoms with van der Waals surface area (Å²) in [5.74, 6) is -0.803. The molecule has 0 spiro atoms. The predicted molar refractivity (Wildman–Crippen MR) is 107 cm³/mol. The van der Waals surface area contributed by atoms with E-state index in [-0.39, 0.29) is 31.9 Å². The SMILES string of the molecule is Nc1ccccc1Nc1ccc(C(=O)c2c(O)cc(Cl)cc2Cl)c(Cl)c1. The molecule has 26 heavy (non-hydrogen) atoms. The van der Waals surface area contributed by atoms with Gasteiger partial charge in [-0.15, -0.1) is 0 Å². The van der Waals surface area contributed by atoms with Crippen LogP contribution in [-0.2, 0) is 0 Å². The molecule has 0 heterocycles. The molecule has 0 aromatic heterocycles. The number of benzene rings is 3. The Morgan fingerprint density at radius 1 is 0.962 bits per heavy atom. The molecule has 0 fully saturated rings. The van der Waals surface area contributed by atoms with E-state index in [9.17, 15) is 9.90 Å². The van der Waals surface area contributed by atoms with Crippen LogP contribution in [0, 0.1) is 0 Å². The first-order chi connectivity index (χ1) is 12.4. The number of nitrogens with two attached hydrogens (primary N) is 1. The predicted octanol–water partition coefficient (Wildman–Crippen LogP) is 5.91. The Morgan fingerprint density at radius 2 is 1.69 bits per heavy atom. The van der Waals surface area contributed by atoms with E-state index in [1.54, 1.807) is 24.3 Å². The maximum Gasteiger partial charge on any atom is 0.199 e. The van der Waals surface area contributed by atoms with Crippen LogP contribution in [0.15, 0.2) is 54.6 Å². The van der Waals surface area contributed by atoms with Crippen molar-refractivity contribution in [2.24, 2.45) is 0 Å². The molecule has 132 valence electrons. The van der Waals surface area contributed by atoms with Crippen molar-refractivity contribution in [1.29, 1.82) is 0 Å². The van der Waals surface area contributed by atoms with Gasteiger partial charge in [-0.2, -0.15) is 0 Å². The zero-order chi connectivity index (χ0) is 18.8. The van der Waals surface area contributed by atoms with E-state index in [0.717, 1.165) is 5.69 Å². The van der Waals surface area contributed by atoms with E-state index >= 15 is 0 Å². The summed E-state index contributed by atoms with van der Waals surface area (Å²) < 4.78 is 0. The van der Waals surface area contributed by atoms with Gasteiger partial charge in [0.15, 0.2) is 5.78 Å². The molecule has 0 saturated heterocycles. The zero-order valence-corrected chi connectivity index (χ0v) is 15.5. The Balaban J connectivity index is 1.93. The number of nitrogens with one attached hydrogen (secondary N) is 1. The summed E-state index contributed by atoms with van der Waals surface area (Å²) in [6.07, 6.45) is 0. The zero-order valence-electron chi connectivity index (χ0n) is 13.3. The van der Waals surface area contributed by atoms with Crippen LogP contribution in [0.3, 0.4) is 0 Å². The monoisotopic (exact) mass is 406 g/mol. The number of anilines is 3. The fourth-order valence-electron chi connectivity index (χ4n) is 2.46. The van der Waals surface area contributed by atoms with Crippen LogP contribution < -0.4 is 11.1 Å². The van der Waals surface area contributed by atoms with Crippen LogP contribution >= 0.6 is 34.8 Å². The molecule has 0 bridgehead atoms. The summed E-state index contributed by atoms with van der Waals surface area (Å²) in [6, 6.07) is 14.8. The molecular formula is C19H13Cl3N2O2. The number of hydrogen-bond acceptors (Lipinski definition) is 4. The molecule has 7 heteroatoms. The quantitative estimate of drug-likeness (QED) is 0.371. The van der Waals surface area contributed by atoms with Gasteiger partial charge in [0.25, 0.3) is 0 Å². The van der Waals surface area contributed by atoms with Gasteiger partial charge in [-0.1, -0.05) is 46.9 Å². The van der Waals surface area contributed by atoms with Gasteiger partial charge in [0.2, 0.25) is 0 Å². The number of carbonyl (C=O) groups excluding carboxylic acids is 1. The van der Waals surface area contributed by atoms with Crippen molar-refractivity contribution in [3.8, 4) is 5.75 Å². The summed E-state index contributed by atoms with van der Waals surface area (Å²) in [4.78, 5) is 12.7. The highest BCUT2D eigenvalue weighted by Crippen LogP contribution is 2.34. The van der Waals surface area contributed by atoms with Crippen LogP contribution in [0.1, 0.15) is 15.9 Å². The lowest BCUT2D eigenvalue weighted by Crippen LogP contribution is -2.04. The standard InChI is InChI=1S/C19H13Cl3N2O2/c20-10-7-14(22)18(17(25)8-10)19(26)12-6-5-11(9-13(12)21)24-16-4-2-1-3-15(16)23/h1-9,24-25H,23H2. The Labute approximate surface area is 165 Å². The van der Waals surface area contributed by atoms with Gasteiger partial charge < -0.3 is 16.2 Å². The van der Waals surface area contributed by atoms with Gasteiger partial charge in [0, 0.05) is 16.3 Å². The number of phenols is 1. The van der Waals surface area contributed by atoms with E-state index < -0.39 is 5.78 Å². The summed E-state index contributed by atoms with van der Waals surface area (Å²) >= 11 is 18.1. The third kappa shape index (κ3) is 3.73. The molecule has 4 N–H and O–H groups in total. The number of aromatic hydroxyl groups is 1. The van der Waals surface area contributed by atoms with Crippen molar-refractivity contribution in [3.63, 3.8) is 0 Å². The highest BCUT2D eigenvalue weighted by molar-refractivity contribution is 6.40. The molecule has 0 amide bonds. The second-order valence-electron chi connectivity index (χ2n) is 5.52. The van der Waals surface area contributed by atoms with Gasteiger partial charge in [-0.05, 0) is 42.5 Å². The third-order valence-corrected chi connectivity index (χ3v) is 4.54. The van der Waals surface area contributed by atoms with Gasteiger partial charge in [-0.3, -0.25) is 4.79 Å². The van der Waals surface area contributed by atoms with Crippen molar-refractivity contribution in [3.05, 3.63) is 80.8 Å². The number of ketones is 1. The molecule has 0 atom stereocenters. The van der Waals surface area contributed by atoms with Crippen LogP contribution in [0.2, 0.25) is 15.1 Å². The number of carbonyl (C=O) groups is 1. The number of rotatable bonds is 4. The van der Waals surface area contributed by atoms with E-state index in [1.165, 1.54) is 12.1 Å². The molecular weight excluding hydrogens is 395 g/mol. The Morgan fingerprint density at radius 3 is 2.35 bits per heavy atom. The molecule has 3 rings (SSSR count). The van der Waals surface area contributed by atoms with Crippen molar-refractivity contribution >= 4 is 57.6 Å². The van der Waals surface area contributed by atoms with Crippen molar-refractivity contribution in [2.45, 2.75) is 0 Å². The lowest BCUT2D eigenvalue weighted by molar-refractivity contribution is 0.103. The van der Waals surface area contributed by atoms with E-state index in [0.29, 0.717) is 11.4 Å². The molecule has 0 unspecified atom stereocenters. The summed E-state index contributed by atoms with van der Waals surface area (Å²) in [5, 5.41) is 13.6. The largest absolute Gasteiger partial charge is 0.507 e. The molecule has 3 aromatic rings. The van der Waals surface area contributed by atoms with Crippen LogP contribution in [-0.4, -0.2) is 10.9 Å². The number of hydrogen-bond donors (Lipinski definition) is 3. The lowest BCUT2D eigenvalue weighted by Gasteiger charge is -2.12. The molecule has 0 saturated carbocycles. The first-order valence-corrected chi connectivity index (χ1v) is 8.64. The van der Waals surface area contributed by atoms with Gasteiger partial charge in [-0.25, -0.2) is 0 Å². The Hall–Kier alpha value is -2.40. The fourth-order valence-corrected chi connectivity index (χ4v) is 3.30. The number of nitrogen functional groups attached to an aromatic ring is 1. The number of halogens is 3. The van der Waals surface area contributed by atoms with Crippen molar-refractivity contribution < 1.29 is 9.90 Å². The summed E-state index contributed by atoms with van der Waals surface area (Å²) in [7, 11) is 0. The van der Waals surface area contributed by atoms with E-state index in [1.807, 2.05) is 18.2 Å². The van der Waals surface area contributed by atoms with Gasteiger partial charge >= 0.3 is 0 Å². The topological polar surface area (TPSA) is 75.3 Å². The average Bonchev–Trinajstić information content (AvgIpc) is 2.56. The van der Waals surface area contributed by atoms with Crippen molar-refractivity contribution in [2.75, 3.05) is 11.1 Å². The van der Waals surface area contributed by atoms with Gasteiger partial charge in [0.1, 0.15) is 5.75 Å². The van der Waals surface area contributed by atoms with Crippen molar-refractivity contribution in [1.82, 2.24) is 0 Å². The molecule has 0 radical (unpaired) electrons. The molecule has 4 nitrogen and oxygen atoms in total. The highest BCUT2D eigenvalue weighted by Gasteiger charge is 2.21. The average molecular weight is 408 g/mol.